The molecule has 0 aliphatic rings. The fourth-order valence-electron chi connectivity index (χ4n) is 1.66. The fourth-order valence-corrected chi connectivity index (χ4v) is 3.05. The number of sulfonamides is 1. The number of rotatable bonds is 4. The van der Waals surface area contributed by atoms with Gasteiger partial charge in [0.1, 0.15) is 5.82 Å². The van der Waals surface area contributed by atoms with Gasteiger partial charge in [-0.05, 0) is 25.1 Å². The zero-order valence-electron chi connectivity index (χ0n) is 11.8. The van der Waals surface area contributed by atoms with Crippen LogP contribution in [0.3, 0.4) is 0 Å². The molecule has 1 unspecified atom stereocenters. The topological polar surface area (TPSA) is 87.2 Å². The summed E-state index contributed by atoms with van der Waals surface area (Å²) in [6.45, 7) is 1.70. The predicted octanol–water partition coefficient (Wildman–Crippen LogP) is 0.916. The van der Waals surface area contributed by atoms with Crippen LogP contribution in [0.25, 0.3) is 0 Å². The van der Waals surface area contributed by atoms with Gasteiger partial charge < -0.3 is 5.73 Å². The molecule has 0 bridgehead atoms. The van der Waals surface area contributed by atoms with Crippen molar-refractivity contribution < 1.29 is 12.8 Å². The number of nitriles is 1. The molecule has 5 nitrogen and oxygen atoms in total. The zero-order valence-corrected chi connectivity index (χ0v) is 12.6. The van der Waals surface area contributed by atoms with Crippen molar-refractivity contribution in [2.24, 2.45) is 11.7 Å². The summed E-state index contributed by atoms with van der Waals surface area (Å²) in [4.78, 5) is -0.0995. The van der Waals surface area contributed by atoms with Crippen LogP contribution in [-0.4, -0.2) is 32.9 Å². The third-order valence-electron chi connectivity index (χ3n) is 2.71. The molecule has 0 aliphatic heterocycles. The Morgan fingerprint density at radius 3 is 2.71 bits per heavy atom. The van der Waals surface area contributed by atoms with Crippen LogP contribution >= 0.6 is 0 Å². The number of nitrogens with zero attached hydrogens (tertiary/aromatic N) is 2. The highest BCUT2D eigenvalue weighted by atomic mass is 32.2. The first-order chi connectivity index (χ1) is 9.82. The molecule has 7 heteroatoms. The summed E-state index contributed by atoms with van der Waals surface area (Å²) in [5, 5.41) is 8.77. The Bertz CT molecular complexity index is 714. The predicted molar refractivity (Wildman–Crippen MR) is 76.9 cm³/mol. The van der Waals surface area contributed by atoms with Crippen LogP contribution in [0.1, 0.15) is 12.5 Å². The standard InChI is InChI=1S/C14H16FN3O2S/c1-11(9-17)10-18(2)21(19,20)14-6-5-13(15)8-12(14)4-3-7-16/h5-6,8,11H,7,10,16H2,1-2H3. The molecule has 2 N–H and O–H groups in total. The molecule has 0 amide bonds. The van der Waals surface area contributed by atoms with E-state index in [1.807, 2.05) is 6.07 Å². The van der Waals surface area contributed by atoms with E-state index in [4.69, 9.17) is 11.0 Å². The van der Waals surface area contributed by atoms with E-state index >= 15 is 0 Å². The van der Waals surface area contributed by atoms with Crippen LogP contribution in [0.5, 0.6) is 0 Å². The lowest BCUT2D eigenvalue weighted by Crippen LogP contribution is -2.31. The summed E-state index contributed by atoms with van der Waals surface area (Å²) in [6.07, 6.45) is 0. The van der Waals surface area contributed by atoms with E-state index in [0.29, 0.717) is 0 Å². The highest BCUT2D eigenvalue weighted by molar-refractivity contribution is 7.89. The Balaban J connectivity index is 3.28. The smallest absolute Gasteiger partial charge is 0.244 e. The molecule has 0 aliphatic carbocycles. The van der Waals surface area contributed by atoms with Crippen LogP contribution in [-0.2, 0) is 10.0 Å². The molecule has 112 valence electrons. The second kappa shape index (κ2) is 7.19. The molecule has 1 rings (SSSR count). The lowest BCUT2D eigenvalue weighted by molar-refractivity contribution is 0.439. The molecule has 0 fully saturated rings. The minimum atomic E-state index is -3.85. The summed E-state index contributed by atoms with van der Waals surface area (Å²) in [7, 11) is -2.48. The van der Waals surface area contributed by atoms with Crippen molar-refractivity contribution in [3.8, 4) is 17.9 Å². The Kier molecular flexibility index (Phi) is 5.86. The van der Waals surface area contributed by atoms with Crippen molar-refractivity contribution in [1.82, 2.24) is 4.31 Å². The molecule has 0 heterocycles. The van der Waals surface area contributed by atoms with E-state index in [2.05, 4.69) is 11.8 Å². The van der Waals surface area contributed by atoms with E-state index in [1.54, 1.807) is 6.92 Å². The van der Waals surface area contributed by atoms with Crippen molar-refractivity contribution in [2.45, 2.75) is 11.8 Å². The minimum absolute atomic E-state index is 0.0390. The van der Waals surface area contributed by atoms with Crippen LogP contribution in [0.15, 0.2) is 23.1 Å². The molecule has 0 radical (unpaired) electrons. The third-order valence-corrected chi connectivity index (χ3v) is 4.59. The van der Waals surface area contributed by atoms with E-state index in [-0.39, 0.29) is 23.5 Å². The lowest BCUT2D eigenvalue weighted by atomic mass is 10.2. The number of benzene rings is 1. The van der Waals surface area contributed by atoms with Crippen molar-refractivity contribution in [3.63, 3.8) is 0 Å². The minimum Gasteiger partial charge on any atom is -0.320 e. The molecular formula is C14H16FN3O2S. The summed E-state index contributed by atoms with van der Waals surface area (Å²) in [5.41, 5.74) is 5.31. The Morgan fingerprint density at radius 2 is 2.14 bits per heavy atom. The van der Waals surface area contributed by atoms with Crippen LogP contribution in [0, 0.1) is 34.9 Å². The van der Waals surface area contributed by atoms with Gasteiger partial charge in [-0.25, -0.2) is 12.8 Å². The van der Waals surface area contributed by atoms with Crippen molar-refractivity contribution in [1.29, 1.82) is 5.26 Å². The quantitative estimate of drug-likeness (QED) is 0.838. The van der Waals surface area contributed by atoms with Crippen LogP contribution in [0.4, 0.5) is 4.39 Å². The maximum Gasteiger partial charge on any atom is 0.244 e. The molecule has 0 saturated carbocycles. The molecule has 0 aromatic heterocycles. The van der Waals surface area contributed by atoms with Crippen molar-refractivity contribution in [3.05, 3.63) is 29.6 Å². The SMILES string of the molecule is CC(C#N)CN(C)S(=O)(=O)c1ccc(F)cc1C#CCN. The Labute approximate surface area is 124 Å². The summed E-state index contributed by atoms with van der Waals surface area (Å²) in [5.74, 6) is 4.03. The molecule has 1 atom stereocenters. The number of hydrogen-bond donors (Lipinski definition) is 1. The van der Waals surface area contributed by atoms with Gasteiger partial charge in [0.2, 0.25) is 10.0 Å². The summed E-state index contributed by atoms with van der Waals surface area (Å²) >= 11 is 0. The first-order valence-corrected chi connectivity index (χ1v) is 7.61. The summed E-state index contributed by atoms with van der Waals surface area (Å²) in [6, 6.07) is 5.24. The number of nitrogens with two attached hydrogens (primary N) is 1. The molecule has 1 aromatic rings. The van der Waals surface area contributed by atoms with Crippen molar-refractivity contribution >= 4 is 10.0 Å². The first kappa shape index (κ1) is 17.1. The van der Waals surface area contributed by atoms with Crippen molar-refractivity contribution in [2.75, 3.05) is 20.1 Å². The number of halogens is 1. The van der Waals surface area contributed by atoms with E-state index in [9.17, 15) is 12.8 Å². The second-order valence-electron chi connectivity index (χ2n) is 4.46. The highest BCUT2D eigenvalue weighted by Gasteiger charge is 2.25. The van der Waals surface area contributed by atoms with Crippen LogP contribution in [0.2, 0.25) is 0 Å². The van der Waals surface area contributed by atoms with Gasteiger partial charge in [0.15, 0.2) is 0 Å². The maximum absolute atomic E-state index is 13.3. The largest absolute Gasteiger partial charge is 0.320 e. The average Bonchev–Trinajstić information content (AvgIpc) is 2.44. The van der Waals surface area contributed by atoms with Gasteiger partial charge >= 0.3 is 0 Å². The van der Waals surface area contributed by atoms with Gasteiger partial charge in [0, 0.05) is 19.2 Å². The van der Waals surface area contributed by atoms with Gasteiger partial charge in [-0.15, -0.1) is 0 Å². The third kappa shape index (κ3) is 4.27. The van der Waals surface area contributed by atoms with Gasteiger partial charge in [0.05, 0.1) is 23.4 Å². The zero-order chi connectivity index (χ0) is 16.0. The Morgan fingerprint density at radius 1 is 1.48 bits per heavy atom. The average molecular weight is 309 g/mol. The maximum atomic E-state index is 13.3. The van der Waals surface area contributed by atoms with E-state index in [1.165, 1.54) is 13.1 Å². The van der Waals surface area contributed by atoms with Crippen LogP contribution < -0.4 is 5.73 Å². The Hall–Kier alpha value is -1.93. The second-order valence-corrected chi connectivity index (χ2v) is 6.48. The van der Waals surface area contributed by atoms with E-state index in [0.717, 1.165) is 16.4 Å². The van der Waals surface area contributed by atoms with Gasteiger partial charge in [-0.3, -0.25) is 0 Å². The van der Waals surface area contributed by atoms with E-state index < -0.39 is 21.8 Å². The van der Waals surface area contributed by atoms with Gasteiger partial charge in [0.25, 0.3) is 0 Å². The highest BCUT2D eigenvalue weighted by Crippen LogP contribution is 2.20. The fraction of sp³-hybridized carbons (Fsp3) is 0.357. The normalized spacial score (nSPS) is 12.4. The molecule has 21 heavy (non-hydrogen) atoms. The number of hydrogen-bond acceptors (Lipinski definition) is 4. The van der Waals surface area contributed by atoms with Gasteiger partial charge in [-0.1, -0.05) is 11.8 Å². The monoisotopic (exact) mass is 309 g/mol. The first-order valence-electron chi connectivity index (χ1n) is 6.17. The molecule has 0 spiro atoms. The van der Waals surface area contributed by atoms with Gasteiger partial charge in [-0.2, -0.15) is 9.57 Å². The lowest BCUT2D eigenvalue weighted by Gasteiger charge is -2.19. The molecular weight excluding hydrogens is 293 g/mol. The summed E-state index contributed by atoms with van der Waals surface area (Å²) < 4.78 is 39.3. The molecule has 1 aromatic carbocycles. The molecule has 0 saturated heterocycles.